The van der Waals surface area contributed by atoms with E-state index >= 15 is 0 Å². The Kier molecular flexibility index (Phi) is 6.61. The summed E-state index contributed by atoms with van der Waals surface area (Å²) in [4.78, 5) is 25.5. The number of rotatable bonds is 7. The Labute approximate surface area is 169 Å². The van der Waals surface area contributed by atoms with E-state index in [0.29, 0.717) is 0 Å². The van der Waals surface area contributed by atoms with Crippen molar-refractivity contribution in [1.29, 1.82) is 0 Å². The van der Waals surface area contributed by atoms with Crippen LogP contribution in [0.2, 0.25) is 0 Å². The number of hydrogen-bond acceptors (Lipinski definition) is 4. The maximum Gasteiger partial charge on any atom is 0.310 e. The predicted molar refractivity (Wildman–Crippen MR) is 111 cm³/mol. The number of thiophene rings is 1. The van der Waals surface area contributed by atoms with E-state index in [1.165, 1.54) is 5.56 Å². The van der Waals surface area contributed by atoms with Crippen molar-refractivity contribution < 1.29 is 14.3 Å². The molecule has 0 saturated heterocycles. The molecule has 1 N–H and O–H groups in total. The van der Waals surface area contributed by atoms with E-state index in [2.05, 4.69) is 5.32 Å². The number of carbonyl (C=O) groups is 2. The quantitative estimate of drug-likeness (QED) is 0.607. The van der Waals surface area contributed by atoms with Gasteiger partial charge in [0.25, 0.3) is 5.91 Å². The van der Waals surface area contributed by atoms with Crippen LogP contribution < -0.4 is 5.32 Å². The van der Waals surface area contributed by atoms with Crippen LogP contribution in [-0.2, 0) is 20.7 Å². The third-order valence-corrected chi connectivity index (χ3v) is 5.49. The fraction of sp³-hybridized carbons (Fsp3) is 0.217. The summed E-state index contributed by atoms with van der Waals surface area (Å²) >= 11 is 1.57. The molecule has 0 fully saturated rings. The summed E-state index contributed by atoms with van der Waals surface area (Å²) in [6.45, 7) is 3.74. The fourth-order valence-corrected chi connectivity index (χ4v) is 3.70. The van der Waals surface area contributed by atoms with Gasteiger partial charge in [0.2, 0.25) is 0 Å². The monoisotopic (exact) mass is 393 g/mol. The Morgan fingerprint density at radius 3 is 2.46 bits per heavy atom. The van der Waals surface area contributed by atoms with Crippen LogP contribution in [0.25, 0.3) is 0 Å². The van der Waals surface area contributed by atoms with Crippen molar-refractivity contribution >= 4 is 23.2 Å². The van der Waals surface area contributed by atoms with Gasteiger partial charge < -0.3 is 10.1 Å². The Morgan fingerprint density at radius 1 is 1.00 bits per heavy atom. The summed E-state index contributed by atoms with van der Waals surface area (Å²) in [5.41, 5.74) is 4.18. The van der Waals surface area contributed by atoms with Crippen molar-refractivity contribution in [3.05, 3.63) is 93.2 Å². The molecule has 3 aromatic rings. The van der Waals surface area contributed by atoms with Crippen molar-refractivity contribution in [1.82, 2.24) is 5.32 Å². The Bertz CT molecular complexity index is 936. The van der Waals surface area contributed by atoms with Crippen molar-refractivity contribution in [2.75, 3.05) is 6.61 Å². The highest BCUT2D eigenvalue weighted by molar-refractivity contribution is 7.10. The SMILES string of the molecule is Cc1ccc(CC(=O)OCC(=O)N[C@@H](c2ccccc2)c2cccs2)cc1C. The second-order valence-electron chi connectivity index (χ2n) is 6.68. The highest BCUT2D eigenvalue weighted by Crippen LogP contribution is 2.25. The van der Waals surface area contributed by atoms with Crippen LogP contribution in [0, 0.1) is 13.8 Å². The van der Waals surface area contributed by atoms with Gasteiger partial charge in [-0.2, -0.15) is 0 Å². The lowest BCUT2D eigenvalue weighted by Gasteiger charge is -2.18. The molecule has 0 aliphatic heterocycles. The summed E-state index contributed by atoms with van der Waals surface area (Å²) in [6, 6.07) is 19.3. The molecule has 0 radical (unpaired) electrons. The number of carbonyl (C=O) groups excluding carboxylic acids is 2. The highest BCUT2D eigenvalue weighted by atomic mass is 32.1. The zero-order valence-corrected chi connectivity index (χ0v) is 16.8. The van der Waals surface area contributed by atoms with Gasteiger partial charge in [0.05, 0.1) is 12.5 Å². The third-order valence-electron chi connectivity index (χ3n) is 4.55. The van der Waals surface area contributed by atoms with E-state index in [-0.39, 0.29) is 25.0 Å². The molecule has 3 rings (SSSR count). The summed E-state index contributed by atoms with van der Waals surface area (Å²) in [7, 11) is 0. The van der Waals surface area contributed by atoms with Crippen molar-refractivity contribution in [3.8, 4) is 0 Å². The average molecular weight is 394 g/mol. The summed E-state index contributed by atoms with van der Waals surface area (Å²) < 4.78 is 5.18. The molecule has 0 unspecified atom stereocenters. The predicted octanol–water partition coefficient (Wildman–Crippen LogP) is 4.36. The molecule has 144 valence electrons. The number of amides is 1. The topological polar surface area (TPSA) is 55.4 Å². The van der Waals surface area contributed by atoms with Crippen LogP contribution in [0.1, 0.15) is 33.2 Å². The first-order valence-corrected chi connectivity index (χ1v) is 10.0. The Balaban J connectivity index is 1.57. The summed E-state index contributed by atoms with van der Waals surface area (Å²) in [6.07, 6.45) is 0.154. The summed E-state index contributed by atoms with van der Waals surface area (Å²) in [5, 5.41) is 4.94. The van der Waals surface area contributed by atoms with E-state index in [9.17, 15) is 9.59 Å². The number of nitrogens with one attached hydrogen (secondary N) is 1. The van der Waals surface area contributed by atoms with Crippen LogP contribution in [0.3, 0.4) is 0 Å². The minimum absolute atomic E-state index is 0.154. The van der Waals surface area contributed by atoms with Crippen molar-refractivity contribution in [2.45, 2.75) is 26.3 Å². The molecule has 1 amide bonds. The van der Waals surface area contributed by atoms with Gasteiger partial charge >= 0.3 is 5.97 Å². The first-order valence-electron chi connectivity index (χ1n) is 9.12. The minimum atomic E-state index is -0.411. The van der Waals surface area contributed by atoms with Crippen LogP contribution in [0.15, 0.2) is 66.0 Å². The first-order chi connectivity index (χ1) is 13.5. The fourth-order valence-electron chi connectivity index (χ4n) is 2.90. The molecule has 1 aromatic heterocycles. The van der Waals surface area contributed by atoms with Gasteiger partial charge in [-0.1, -0.05) is 54.6 Å². The molecular weight excluding hydrogens is 370 g/mol. The van der Waals surface area contributed by atoms with Crippen LogP contribution >= 0.6 is 11.3 Å². The standard InChI is InChI=1S/C23H23NO3S/c1-16-10-11-18(13-17(16)2)14-22(26)27-15-21(25)24-23(20-9-6-12-28-20)19-7-4-3-5-8-19/h3-13,23H,14-15H2,1-2H3,(H,24,25)/t23-/m0/s1. The van der Waals surface area contributed by atoms with E-state index in [0.717, 1.165) is 21.6 Å². The highest BCUT2D eigenvalue weighted by Gasteiger charge is 2.18. The second-order valence-corrected chi connectivity index (χ2v) is 7.66. The van der Waals surface area contributed by atoms with E-state index in [4.69, 9.17) is 4.74 Å². The van der Waals surface area contributed by atoms with Gasteiger partial charge in [-0.15, -0.1) is 11.3 Å². The van der Waals surface area contributed by atoms with Gasteiger partial charge in [0, 0.05) is 4.88 Å². The molecular formula is C23H23NO3S. The smallest absolute Gasteiger partial charge is 0.310 e. The Morgan fingerprint density at radius 2 is 1.79 bits per heavy atom. The normalized spacial score (nSPS) is 11.6. The van der Waals surface area contributed by atoms with Crippen LogP contribution in [-0.4, -0.2) is 18.5 Å². The molecule has 0 bridgehead atoms. The summed E-state index contributed by atoms with van der Waals surface area (Å²) in [5.74, 6) is -0.735. The van der Waals surface area contributed by atoms with E-state index in [1.54, 1.807) is 11.3 Å². The molecule has 2 aromatic carbocycles. The lowest BCUT2D eigenvalue weighted by Crippen LogP contribution is -2.32. The van der Waals surface area contributed by atoms with Crippen LogP contribution in [0.4, 0.5) is 0 Å². The number of esters is 1. The molecule has 1 heterocycles. The molecule has 0 saturated carbocycles. The molecule has 28 heavy (non-hydrogen) atoms. The van der Waals surface area contributed by atoms with E-state index < -0.39 is 5.97 Å². The molecule has 1 atom stereocenters. The first kappa shape index (κ1) is 19.8. The average Bonchev–Trinajstić information content (AvgIpc) is 3.22. The molecule has 5 heteroatoms. The molecule has 4 nitrogen and oxygen atoms in total. The maximum absolute atomic E-state index is 12.4. The zero-order chi connectivity index (χ0) is 19.9. The third kappa shape index (κ3) is 5.30. The van der Waals surface area contributed by atoms with Gasteiger partial charge in [-0.25, -0.2) is 0 Å². The van der Waals surface area contributed by atoms with Crippen molar-refractivity contribution in [2.24, 2.45) is 0 Å². The number of ether oxygens (including phenoxy) is 1. The number of benzene rings is 2. The molecule has 0 aliphatic rings. The number of aryl methyl sites for hydroxylation is 2. The van der Waals surface area contributed by atoms with Gasteiger partial charge in [0.15, 0.2) is 6.61 Å². The zero-order valence-electron chi connectivity index (χ0n) is 16.0. The number of hydrogen-bond donors (Lipinski definition) is 1. The lowest BCUT2D eigenvalue weighted by molar-refractivity contribution is -0.148. The lowest BCUT2D eigenvalue weighted by atomic mass is 10.0. The molecule has 0 aliphatic carbocycles. The van der Waals surface area contributed by atoms with Crippen LogP contribution in [0.5, 0.6) is 0 Å². The van der Waals surface area contributed by atoms with Gasteiger partial charge in [-0.05, 0) is 47.5 Å². The molecule has 0 spiro atoms. The van der Waals surface area contributed by atoms with Gasteiger partial charge in [0.1, 0.15) is 0 Å². The largest absolute Gasteiger partial charge is 0.455 e. The van der Waals surface area contributed by atoms with Gasteiger partial charge in [-0.3, -0.25) is 9.59 Å². The van der Waals surface area contributed by atoms with E-state index in [1.807, 2.05) is 79.9 Å². The minimum Gasteiger partial charge on any atom is -0.455 e. The van der Waals surface area contributed by atoms with Crippen molar-refractivity contribution in [3.63, 3.8) is 0 Å². The Hall–Kier alpha value is -2.92. The second kappa shape index (κ2) is 9.33. The maximum atomic E-state index is 12.4.